The fourth-order valence-corrected chi connectivity index (χ4v) is 2.69. The van der Waals surface area contributed by atoms with Crippen LogP contribution in [-0.2, 0) is 17.6 Å². The zero-order valence-corrected chi connectivity index (χ0v) is 12.7. The summed E-state index contributed by atoms with van der Waals surface area (Å²) in [6.07, 6.45) is 5.56. The number of rotatable bonds is 7. The molecule has 0 aromatic heterocycles. The molecule has 0 bridgehead atoms. The molecule has 0 atom stereocenters. The maximum atomic E-state index is 12.1. The van der Waals surface area contributed by atoms with Gasteiger partial charge in [0.1, 0.15) is 0 Å². The van der Waals surface area contributed by atoms with E-state index in [1.54, 1.807) is 0 Å². The van der Waals surface area contributed by atoms with Crippen molar-refractivity contribution in [2.45, 2.75) is 39.0 Å². The molecular weight excluding hydrogens is 264 g/mol. The first-order valence-corrected chi connectivity index (χ1v) is 7.77. The van der Waals surface area contributed by atoms with Crippen LogP contribution in [0, 0.1) is 0 Å². The van der Waals surface area contributed by atoms with Crippen LogP contribution in [-0.4, -0.2) is 31.3 Å². The second-order valence-corrected chi connectivity index (χ2v) is 5.63. The van der Waals surface area contributed by atoms with Crippen LogP contribution < -0.4 is 10.6 Å². The first-order chi connectivity index (χ1) is 10.2. The number of hydrogen-bond donors (Lipinski definition) is 2. The predicted molar refractivity (Wildman–Crippen MR) is 83.6 cm³/mol. The van der Waals surface area contributed by atoms with E-state index in [4.69, 9.17) is 0 Å². The van der Waals surface area contributed by atoms with Crippen molar-refractivity contribution in [2.75, 3.05) is 19.6 Å². The number of nitrogens with one attached hydrogen (secondary N) is 2. The molecule has 1 aliphatic rings. The van der Waals surface area contributed by atoms with Crippen molar-refractivity contribution in [3.63, 3.8) is 0 Å². The van der Waals surface area contributed by atoms with Crippen LogP contribution in [0.5, 0.6) is 0 Å². The van der Waals surface area contributed by atoms with Gasteiger partial charge < -0.3 is 10.6 Å². The Morgan fingerprint density at radius 2 is 1.86 bits per heavy atom. The molecule has 0 saturated carbocycles. The van der Waals surface area contributed by atoms with Gasteiger partial charge in [0.15, 0.2) is 5.78 Å². The van der Waals surface area contributed by atoms with Crippen molar-refractivity contribution in [2.24, 2.45) is 0 Å². The van der Waals surface area contributed by atoms with E-state index in [9.17, 15) is 9.59 Å². The molecule has 0 heterocycles. The summed E-state index contributed by atoms with van der Waals surface area (Å²) in [6, 6.07) is 6.12. The van der Waals surface area contributed by atoms with Crippen molar-refractivity contribution in [1.29, 1.82) is 0 Å². The third-order valence-electron chi connectivity index (χ3n) is 3.86. The Labute approximate surface area is 126 Å². The maximum Gasteiger partial charge on any atom is 0.216 e. The normalized spacial score (nSPS) is 13.6. The van der Waals surface area contributed by atoms with Gasteiger partial charge in [-0.05, 0) is 55.8 Å². The quantitative estimate of drug-likeness (QED) is 0.595. The van der Waals surface area contributed by atoms with Gasteiger partial charge >= 0.3 is 0 Å². The van der Waals surface area contributed by atoms with Gasteiger partial charge in [-0.25, -0.2) is 0 Å². The number of carbonyl (C=O) groups is 2. The van der Waals surface area contributed by atoms with Gasteiger partial charge in [-0.1, -0.05) is 12.1 Å². The van der Waals surface area contributed by atoms with Gasteiger partial charge in [0.05, 0.1) is 6.54 Å². The summed E-state index contributed by atoms with van der Waals surface area (Å²) in [6.45, 7) is 3.25. The molecule has 0 spiro atoms. The number of aryl methyl sites for hydroxylation is 2. The standard InChI is InChI=1S/C17H24N2O2/c1-13(20)19-10-4-9-18-12-17(21)16-8-7-14-5-2-3-6-15(14)11-16/h7-8,11,18H,2-6,9-10,12H2,1H3,(H,19,20). The zero-order chi connectivity index (χ0) is 15.1. The summed E-state index contributed by atoms with van der Waals surface area (Å²) < 4.78 is 0. The van der Waals surface area contributed by atoms with Crippen LogP contribution in [0.25, 0.3) is 0 Å². The second-order valence-electron chi connectivity index (χ2n) is 5.63. The Kier molecular flexibility index (Phi) is 5.93. The molecule has 0 aliphatic heterocycles. The molecule has 0 saturated heterocycles. The zero-order valence-electron chi connectivity index (χ0n) is 12.7. The summed E-state index contributed by atoms with van der Waals surface area (Å²) in [5.74, 6) is 0.128. The molecule has 1 aromatic carbocycles. The lowest BCUT2D eigenvalue weighted by Crippen LogP contribution is -2.28. The Hall–Kier alpha value is -1.68. The van der Waals surface area contributed by atoms with E-state index >= 15 is 0 Å². The fourth-order valence-electron chi connectivity index (χ4n) is 2.69. The number of Topliss-reactive ketones (excluding diaryl/α,β-unsaturated/α-hetero) is 1. The summed E-state index contributed by atoms with van der Waals surface area (Å²) in [5.41, 5.74) is 3.56. The highest BCUT2D eigenvalue weighted by molar-refractivity contribution is 5.97. The lowest BCUT2D eigenvalue weighted by atomic mass is 9.90. The van der Waals surface area contributed by atoms with Gasteiger partial charge in [-0.3, -0.25) is 9.59 Å². The molecule has 1 aromatic rings. The van der Waals surface area contributed by atoms with Crippen molar-refractivity contribution < 1.29 is 9.59 Å². The van der Waals surface area contributed by atoms with Gasteiger partial charge in [-0.2, -0.15) is 0 Å². The predicted octanol–water partition coefficient (Wildman–Crippen LogP) is 1.86. The molecule has 0 fully saturated rings. The van der Waals surface area contributed by atoms with Crippen LogP contribution in [0.3, 0.4) is 0 Å². The number of hydrogen-bond acceptors (Lipinski definition) is 3. The van der Waals surface area contributed by atoms with E-state index < -0.39 is 0 Å². The highest BCUT2D eigenvalue weighted by Crippen LogP contribution is 2.22. The molecule has 2 N–H and O–H groups in total. The topological polar surface area (TPSA) is 58.2 Å². The molecule has 114 valence electrons. The number of carbonyl (C=O) groups excluding carboxylic acids is 2. The van der Waals surface area contributed by atoms with Crippen LogP contribution in [0.1, 0.15) is 47.7 Å². The summed E-state index contributed by atoms with van der Waals surface area (Å²) in [4.78, 5) is 22.8. The Balaban J connectivity index is 1.74. The Bertz CT molecular complexity index is 512. The number of benzene rings is 1. The third-order valence-corrected chi connectivity index (χ3v) is 3.86. The molecule has 21 heavy (non-hydrogen) atoms. The van der Waals surface area contributed by atoms with E-state index in [1.807, 2.05) is 6.07 Å². The molecule has 2 rings (SSSR count). The number of fused-ring (bicyclic) bond motifs is 1. The lowest BCUT2D eigenvalue weighted by molar-refractivity contribution is -0.118. The SMILES string of the molecule is CC(=O)NCCCNCC(=O)c1ccc2c(c1)CCCC2. The van der Waals surface area contributed by atoms with E-state index in [-0.39, 0.29) is 11.7 Å². The molecule has 4 nitrogen and oxygen atoms in total. The Morgan fingerprint density at radius 1 is 1.10 bits per heavy atom. The molecule has 4 heteroatoms. The van der Waals surface area contributed by atoms with Crippen molar-refractivity contribution in [1.82, 2.24) is 10.6 Å². The maximum absolute atomic E-state index is 12.1. The Morgan fingerprint density at radius 3 is 2.62 bits per heavy atom. The molecule has 0 unspecified atom stereocenters. The second kappa shape index (κ2) is 7.93. The first-order valence-electron chi connectivity index (χ1n) is 7.77. The van der Waals surface area contributed by atoms with Gasteiger partial charge in [0, 0.05) is 19.0 Å². The minimum absolute atomic E-state index is 0.0138. The van der Waals surface area contributed by atoms with Crippen LogP contribution in [0.4, 0.5) is 0 Å². The van der Waals surface area contributed by atoms with Gasteiger partial charge in [-0.15, -0.1) is 0 Å². The first kappa shape index (κ1) is 15.7. The average Bonchev–Trinajstić information content (AvgIpc) is 2.49. The molecule has 0 radical (unpaired) electrons. The molecule has 1 aliphatic carbocycles. The van der Waals surface area contributed by atoms with E-state index in [0.29, 0.717) is 13.1 Å². The molecule has 1 amide bonds. The minimum atomic E-state index is -0.0138. The number of ketones is 1. The average molecular weight is 288 g/mol. The van der Waals surface area contributed by atoms with E-state index in [0.717, 1.165) is 31.4 Å². The highest BCUT2D eigenvalue weighted by Gasteiger charge is 2.12. The van der Waals surface area contributed by atoms with Gasteiger partial charge in [0.25, 0.3) is 0 Å². The fraction of sp³-hybridized carbons (Fsp3) is 0.529. The van der Waals surface area contributed by atoms with Crippen molar-refractivity contribution in [3.05, 3.63) is 34.9 Å². The summed E-state index contributed by atoms with van der Waals surface area (Å²) >= 11 is 0. The minimum Gasteiger partial charge on any atom is -0.356 e. The highest BCUT2D eigenvalue weighted by atomic mass is 16.1. The molecular formula is C17H24N2O2. The van der Waals surface area contributed by atoms with Crippen molar-refractivity contribution in [3.8, 4) is 0 Å². The summed E-state index contributed by atoms with van der Waals surface area (Å²) in [5, 5.41) is 5.87. The van der Waals surface area contributed by atoms with E-state index in [2.05, 4.69) is 22.8 Å². The van der Waals surface area contributed by atoms with Crippen molar-refractivity contribution >= 4 is 11.7 Å². The summed E-state index contributed by atoms with van der Waals surface area (Å²) in [7, 11) is 0. The van der Waals surface area contributed by atoms with Crippen LogP contribution in [0.15, 0.2) is 18.2 Å². The van der Waals surface area contributed by atoms with Crippen LogP contribution in [0.2, 0.25) is 0 Å². The monoisotopic (exact) mass is 288 g/mol. The smallest absolute Gasteiger partial charge is 0.216 e. The lowest BCUT2D eigenvalue weighted by Gasteiger charge is -2.16. The van der Waals surface area contributed by atoms with Gasteiger partial charge in [0.2, 0.25) is 5.91 Å². The third kappa shape index (κ3) is 4.97. The van der Waals surface area contributed by atoms with E-state index in [1.165, 1.54) is 30.9 Å². The largest absolute Gasteiger partial charge is 0.356 e. The van der Waals surface area contributed by atoms with Crippen LogP contribution >= 0.6 is 0 Å². The number of amides is 1.